The Hall–Kier alpha value is -2.88. The molecule has 6 nitrogen and oxygen atoms in total. The molecule has 158 valence electrons. The molecule has 0 radical (unpaired) electrons. The Bertz CT molecular complexity index is 1110. The van der Waals surface area contributed by atoms with Gasteiger partial charge in [-0.2, -0.15) is 18.3 Å². The predicted octanol–water partition coefficient (Wildman–Crippen LogP) is 3.98. The van der Waals surface area contributed by atoms with Crippen LogP contribution >= 0.6 is 11.3 Å². The highest BCUT2D eigenvalue weighted by molar-refractivity contribution is 7.21. The quantitative estimate of drug-likeness (QED) is 0.648. The molecule has 1 fully saturated rings. The van der Waals surface area contributed by atoms with Crippen molar-refractivity contribution in [1.82, 2.24) is 15.1 Å². The molecule has 0 spiro atoms. The van der Waals surface area contributed by atoms with Crippen LogP contribution in [0.25, 0.3) is 10.1 Å². The number of aromatic amines is 1. The topological polar surface area (TPSA) is 92.1 Å². The van der Waals surface area contributed by atoms with E-state index in [-0.39, 0.29) is 11.7 Å². The van der Waals surface area contributed by atoms with Crippen molar-refractivity contribution in [3.05, 3.63) is 52.2 Å². The Morgan fingerprint density at radius 1 is 1.27 bits per heavy atom. The first-order valence-corrected chi connectivity index (χ1v) is 10.3. The third-order valence-electron chi connectivity index (χ3n) is 5.35. The SMILES string of the molecule is NC(=O)c1sc2ccccc2c1CC1CCCCN1C(=O)c1cc(C(F)(F)F)[nH]n1. The Kier molecular flexibility index (Phi) is 5.27. The van der Waals surface area contributed by atoms with Crippen LogP contribution < -0.4 is 5.73 Å². The van der Waals surface area contributed by atoms with Crippen LogP contribution in [0, 0.1) is 0 Å². The summed E-state index contributed by atoms with van der Waals surface area (Å²) in [7, 11) is 0. The maximum atomic E-state index is 12.9. The van der Waals surface area contributed by atoms with Gasteiger partial charge in [0, 0.05) is 23.4 Å². The van der Waals surface area contributed by atoms with Crippen LogP contribution in [-0.4, -0.2) is 39.5 Å². The number of primary amides is 1. The van der Waals surface area contributed by atoms with Gasteiger partial charge in [0.1, 0.15) is 5.69 Å². The van der Waals surface area contributed by atoms with E-state index in [9.17, 15) is 22.8 Å². The highest BCUT2D eigenvalue weighted by Crippen LogP contribution is 2.34. The number of carbonyl (C=O) groups excluding carboxylic acids is 2. The summed E-state index contributed by atoms with van der Waals surface area (Å²) in [5.41, 5.74) is 5.05. The van der Waals surface area contributed by atoms with Crippen LogP contribution in [0.2, 0.25) is 0 Å². The molecular formula is C20H19F3N4O2S. The molecule has 3 aromatic rings. The number of likely N-dealkylation sites (tertiary alicyclic amines) is 1. The van der Waals surface area contributed by atoms with E-state index < -0.39 is 23.7 Å². The van der Waals surface area contributed by atoms with Gasteiger partial charge in [0.25, 0.3) is 11.8 Å². The first kappa shape index (κ1) is 20.4. The lowest BCUT2D eigenvalue weighted by Gasteiger charge is -2.35. The zero-order valence-electron chi connectivity index (χ0n) is 15.8. The number of nitrogens with two attached hydrogens (primary N) is 1. The van der Waals surface area contributed by atoms with Gasteiger partial charge in [0.2, 0.25) is 0 Å². The van der Waals surface area contributed by atoms with Crippen molar-refractivity contribution in [3.63, 3.8) is 0 Å². The van der Waals surface area contributed by atoms with Gasteiger partial charge in [-0.25, -0.2) is 0 Å². The van der Waals surface area contributed by atoms with Crippen molar-refractivity contribution in [3.8, 4) is 0 Å². The van der Waals surface area contributed by atoms with Crippen molar-refractivity contribution >= 4 is 33.2 Å². The summed E-state index contributed by atoms with van der Waals surface area (Å²) in [5.74, 6) is -1.08. The molecule has 1 saturated heterocycles. The Morgan fingerprint density at radius 3 is 2.73 bits per heavy atom. The summed E-state index contributed by atoms with van der Waals surface area (Å²) < 4.78 is 39.5. The largest absolute Gasteiger partial charge is 0.432 e. The van der Waals surface area contributed by atoms with Gasteiger partial charge < -0.3 is 10.6 Å². The van der Waals surface area contributed by atoms with Crippen LogP contribution in [0.4, 0.5) is 13.2 Å². The molecule has 0 aliphatic carbocycles. The van der Waals surface area contributed by atoms with E-state index in [1.165, 1.54) is 11.3 Å². The lowest BCUT2D eigenvalue weighted by atomic mass is 9.93. The number of H-pyrrole nitrogens is 1. The van der Waals surface area contributed by atoms with E-state index in [4.69, 9.17) is 5.73 Å². The predicted molar refractivity (Wildman–Crippen MR) is 106 cm³/mol. The fourth-order valence-electron chi connectivity index (χ4n) is 3.94. The second kappa shape index (κ2) is 7.75. The molecule has 1 aliphatic heterocycles. The molecule has 3 heterocycles. The van der Waals surface area contributed by atoms with Gasteiger partial charge in [-0.05, 0) is 42.7 Å². The van der Waals surface area contributed by atoms with Crippen LogP contribution in [0.1, 0.15) is 50.7 Å². The number of fused-ring (bicyclic) bond motifs is 1. The van der Waals surface area contributed by atoms with E-state index in [1.54, 1.807) is 4.90 Å². The number of nitrogens with zero attached hydrogens (tertiary/aromatic N) is 2. The van der Waals surface area contributed by atoms with Crippen LogP contribution in [-0.2, 0) is 12.6 Å². The van der Waals surface area contributed by atoms with Crippen molar-refractivity contribution in [2.45, 2.75) is 37.9 Å². The number of rotatable bonds is 4. The highest BCUT2D eigenvalue weighted by atomic mass is 32.1. The molecule has 1 atom stereocenters. The maximum absolute atomic E-state index is 12.9. The number of benzene rings is 1. The van der Waals surface area contributed by atoms with Gasteiger partial charge >= 0.3 is 6.18 Å². The first-order chi connectivity index (χ1) is 14.3. The van der Waals surface area contributed by atoms with E-state index >= 15 is 0 Å². The Morgan fingerprint density at radius 2 is 2.03 bits per heavy atom. The van der Waals surface area contributed by atoms with Crippen LogP contribution in [0.15, 0.2) is 30.3 Å². The van der Waals surface area contributed by atoms with Gasteiger partial charge in [0.05, 0.1) is 4.88 Å². The lowest BCUT2D eigenvalue weighted by molar-refractivity contribution is -0.141. The molecule has 0 bridgehead atoms. The fourth-order valence-corrected chi connectivity index (χ4v) is 5.02. The molecule has 4 rings (SSSR count). The van der Waals surface area contributed by atoms with Crippen molar-refractivity contribution in [2.24, 2.45) is 5.73 Å². The number of thiophene rings is 1. The first-order valence-electron chi connectivity index (χ1n) is 9.49. The van der Waals surface area contributed by atoms with E-state index in [1.807, 2.05) is 29.4 Å². The minimum atomic E-state index is -4.60. The smallest absolute Gasteiger partial charge is 0.365 e. The van der Waals surface area contributed by atoms with E-state index in [2.05, 4.69) is 5.10 Å². The number of carbonyl (C=O) groups is 2. The molecule has 10 heteroatoms. The standard InChI is InChI=1S/C20H19F3N4O2S/c21-20(22,23)16-10-14(25-26-16)19(29)27-8-4-3-5-11(27)9-13-12-6-1-2-7-15(12)30-17(13)18(24)28/h1-2,6-7,10-11H,3-5,8-9H2,(H2,24,28)(H,25,26). The third kappa shape index (κ3) is 3.79. The summed E-state index contributed by atoms with van der Waals surface area (Å²) in [6.45, 7) is 0.422. The van der Waals surface area contributed by atoms with Crippen molar-refractivity contribution < 1.29 is 22.8 Å². The maximum Gasteiger partial charge on any atom is 0.432 e. The van der Waals surface area contributed by atoms with E-state index in [0.717, 1.165) is 34.6 Å². The molecule has 3 N–H and O–H groups in total. The number of piperidine rings is 1. The summed E-state index contributed by atoms with van der Waals surface area (Å²) in [6, 6.07) is 8.04. The minimum absolute atomic E-state index is 0.256. The number of aromatic nitrogens is 2. The summed E-state index contributed by atoms with van der Waals surface area (Å²) in [4.78, 5) is 27.0. The molecule has 0 saturated carbocycles. The van der Waals surface area contributed by atoms with Crippen molar-refractivity contribution in [1.29, 1.82) is 0 Å². The summed E-state index contributed by atoms with van der Waals surface area (Å²) in [5, 5.41) is 6.38. The number of hydrogen-bond acceptors (Lipinski definition) is 4. The number of hydrogen-bond donors (Lipinski definition) is 2. The monoisotopic (exact) mass is 436 g/mol. The van der Waals surface area contributed by atoms with Gasteiger partial charge in [-0.3, -0.25) is 14.7 Å². The summed E-state index contributed by atoms with van der Waals surface area (Å²) in [6.07, 6.45) is -1.86. The molecule has 30 heavy (non-hydrogen) atoms. The zero-order valence-corrected chi connectivity index (χ0v) is 16.6. The van der Waals surface area contributed by atoms with Gasteiger partial charge in [0.15, 0.2) is 5.69 Å². The molecule has 2 amide bonds. The number of amides is 2. The number of alkyl halides is 3. The van der Waals surface area contributed by atoms with Crippen LogP contribution in [0.5, 0.6) is 0 Å². The Labute approximate surface area is 173 Å². The lowest BCUT2D eigenvalue weighted by Crippen LogP contribution is -2.45. The molecule has 1 aromatic carbocycles. The number of halogens is 3. The highest BCUT2D eigenvalue weighted by Gasteiger charge is 2.36. The van der Waals surface area contributed by atoms with Crippen LogP contribution in [0.3, 0.4) is 0 Å². The fraction of sp³-hybridized carbons (Fsp3) is 0.350. The van der Waals surface area contributed by atoms with Gasteiger partial charge in [-0.15, -0.1) is 11.3 Å². The average molecular weight is 436 g/mol. The zero-order chi connectivity index (χ0) is 21.5. The van der Waals surface area contributed by atoms with E-state index in [0.29, 0.717) is 24.3 Å². The second-order valence-corrected chi connectivity index (χ2v) is 8.34. The second-order valence-electron chi connectivity index (χ2n) is 7.29. The van der Waals surface area contributed by atoms with Gasteiger partial charge in [-0.1, -0.05) is 18.2 Å². The minimum Gasteiger partial charge on any atom is -0.365 e. The molecule has 1 aliphatic rings. The normalized spacial score (nSPS) is 17.4. The average Bonchev–Trinajstić information content (AvgIpc) is 3.34. The Balaban J connectivity index is 1.65. The molecular weight excluding hydrogens is 417 g/mol. The third-order valence-corrected chi connectivity index (χ3v) is 6.58. The molecule has 2 aromatic heterocycles. The molecule has 1 unspecified atom stereocenters. The van der Waals surface area contributed by atoms with Crippen molar-refractivity contribution in [2.75, 3.05) is 6.54 Å². The number of nitrogens with one attached hydrogen (secondary N) is 1. The summed E-state index contributed by atoms with van der Waals surface area (Å²) >= 11 is 1.31.